The Bertz CT molecular complexity index is 369. The van der Waals surface area contributed by atoms with E-state index in [4.69, 9.17) is 5.11 Å². The number of aliphatic hydroxyl groups is 2. The van der Waals surface area contributed by atoms with Crippen LogP contribution in [0.25, 0.3) is 0 Å². The van der Waals surface area contributed by atoms with Crippen molar-refractivity contribution in [2.45, 2.75) is 32.8 Å². The predicted molar refractivity (Wildman–Crippen MR) is 71.2 cm³/mol. The Hall–Kier alpha value is -1.13. The number of rotatable bonds is 7. The topological polar surface area (TPSA) is 43.7 Å². The van der Waals surface area contributed by atoms with Crippen molar-refractivity contribution < 1.29 is 14.6 Å². The molecule has 1 aromatic rings. The van der Waals surface area contributed by atoms with E-state index in [1.165, 1.54) is 12.1 Å². The first-order chi connectivity index (χ1) is 8.60. The van der Waals surface area contributed by atoms with Gasteiger partial charge in [-0.1, -0.05) is 13.3 Å². The molecule has 0 heterocycles. The summed E-state index contributed by atoms with van der Waals surface area (Å²) in [5.41, 5.74) is 1.37. The van der Waals surface area contributed by atoms with Gasteiger partial charge in [-0.15, -0.1) is 0 Å². The Morgan fingerprint density at radius 1 is 1.33 bits per heavy atom. The van der Waals surface area contributed by atoms with Crippen LogP contribution in [-0.2, 0) is 0 Å². The number of anilines is 1. The van der Waals surface area contributed by atoms with Crippen LogP contribution in [0.1, 0.15) is 38.4 Å². The molecule has 1 rings (SSSR count). The summed E-state index contributed by atoms with van der Waals surface area (Å²) in [6.45, 7) is 5.04. The lowest BCUT2D eigenvalue weighted by Gasteiger charge is -2.27. The minimum absolute atomic E-state index is 0.0420. The monoisotopic (exact) mass is 255 g/mol. The van der Waals surface area contributed by atoms with Crippen molar-refractivity contribution in [1.82, 2.24) is 0 Å². The van der Waals surface area contributed by atoms with E-state index in [0.29, 0.717) is 12.1 Å². The van der Waals surface area contributed by atoms with Gasteiger partial charge in [0.25, 0.3) is 0 Å². The first-order valence-electron chi connectivity index (χ1n) is 6.43. The molecule has 3 nitrogen and oxygen atoms in total. The molecule has 0 spiro atoms. The van der Waals surface area contributed by atoms with Gasteiger partial charge in [0.1, 0.15) is 5.82 Å². The number of nitrogens with zero attached hydrogens (tertiary/aromatic N) is 1. The van der Waals surface area contributed by atoms with Crippen LogP contribution < -0.4 is 4.90 Å². The standard InChI is InChI=1S/C14H22FNO2/c1-3-4-7-16(8-9-17)14-6-5-12(15)10-13(14)11(2)18/h5-6,10-11,17-18H,3-4,7-9H2,1-2H3/t11-/m0/s1. The Kier molecular flexibility index (Phi) is 6.09. The van der Waals surface area contributed by atoms with Gasteiger partial charge in [-0.25, -0.2) is 4.39 Å². The van der Waals surface area contributed by atoms with Crippen LogP contribution in [0.4, 0.5) is 10.1 Å². The van der Waals surface area contributed by atoms with Crippen molar-refractivity contribution in [1.29, 1.82) is 0 Å². The molecule has 0 radical (unpaired) electrons. The molecule has 0 aliphatic rings. The van der Waals surface area contributed by atoms with E-state index in [2.05, 4.69) is 6.92 Å². The van der Waals surface area contributed by atoms with E-state index in [1.807, 2.05) is 4.90 Å². The molecule has 1 atom stereocenters. The van der Waals surface area contributed by atoms with E-state index >= 15 is 0 Å². The molecule has 0 saturated heterocycles. The van der Waals surface area contributed by atoms with Gasteiger partial charge >= 0.3 is 0 Å². The number of aliphatic hydroxyl groups excluding tert-OH is 2. The Morgan fingerprint density at radius 3 is 2.61 bits per heavy atom. The fraction of sp³-hybridized carbons (Fsp3) is 0.571. The fourth-order valence-electron chi connectivity index (χ4n) is 1.97. The number of hydrogen-bond acceptors (Lipinski definition) is 3. The molecule has 1 aromatic carbocycles. The maximum absolute atomic E-state index is 13.2. The molecule has 0 fully saturated rings. The quantitative estimate of drug-likeness (QED) is 0.786. The first kappa shape index (κ1) is 14.9. The van der Waals surface area contributed by atoms with Crippen LogP contribution in [0.5, 0.6) is 0 Å². The lowest BCUT2D eigenvalue weighted by molar-refractivity contribution is 0.199. The number of benzene rings is 1. The average Bonchev–Trinajstić information content (AvgIpc) is 2.34. The molecule has 0 aliphatic carbocycles. The van der Waals surface area contributed by atoms with E-state index in [9.17, 15) is 9.50 Å². The lowest BCUT2D eigenvalue weighted by Crippen LogP contribution is -2.29. The molecule has 0 saturated carbocycles. The number of halogens is 1. The molecular weight excluding hydrogens is 233 g/mol. The van der Waals surface area contributed by atoms with Crippen molar-refractivity contribution in [3.8, 4) is 0 Å². The molecule has 18 heavy (non-hydrogen) atoms. The third kappa shape index (κ3) is 3.96. The summed E-state index contributed by atoms with van der Waals surface area (Å²) in [4.78, 5) is 1.99. The smallest absolute Gasteiger partial charge is 0.123 e. The summed E-state index contributed by atoms with van der Waals surface area (Å²) in [5, 5.41) is 18.8. The summed E-state index contributed by atoms with van der Waals surface area (Å²) in [6, 6.07) is 4.41. The molecule has 0 unspecified atom stereocenters. The van der Waals surface area contributed by atoms with E-state index in [0.717, 1.165) is 25.1 Å². The molecule has 0 aliphatic heterocycles. The second-order valence-electron chi connectivity index (χ2n) is 4.44. The molecule has 4 heteroatoms. The van der Waals surface area contributed by atoms with Crippen LogP contribution in [0, 0.1) is 5.82 Å². The van der Waals surface area contributed by atoms with Crippen LogP contribution in [0.15, 0.2) is 18.2 Å². The van der Waals surface area contributed by atoms with Gasteiger partial charge in [0.15, 0.2) is 0 Å². The Balaban J connectivity index is 3.01. The Morgan fingerprint density at radius 2 is 2.06 bits per heavy atom. The molecule has 0 bridgehead atoms. The van der Waals surface area contributed by atoms with E-state index in [-0.39, 0.29) is 12.4 Å². The van der Waals surface area contributed by atoms with Crippen LogP contribution in [0.2, 0.25) is 0 Å². The zero-order chi connectivity index (χ0) is 13.5. The molecule has 0 aromatic heterocycles. The summed E-state index contributed by atoms with van der Waals surface area (Å²) in [6.07, 6.45) is 1.32. The summed E-state index contributed by atoms with van der Waals surface area (Å²) in [5.74, 6) is -0.353. The normalized spacial score (nSPS) is 12.5. The average molecular weight is 255 g/mol. The van der Waals surface area contributed by atoms with Gasteiger partial charge in [-0.2, -0.15) is 0 Å². The zero-order valence-corrected chi connectivity index (χ0v) is 11.1. The van der Waals surface area contributed by atoms with Crippen LogP contribution >= 0.6 is 0 Å². The highest BCUT2D eigenvalue weighted by Gasteiger charge is 2.14. The van der Waals surface area contributed by atoms with Gasteiger partial charge in [-0.3, -0.25) is 0 Å². The van der Waals surface area contributed by atoms with E-state index in [1.54, 1.807) is 13.0 Å². The van der Waals surface area contributed by atoms with Crippen molar-refractivity contribution in [2.75, 3.05) is 24.6 Å². The van der Waals surface area contributed by atoms with Gasteiger partial charge in [0.05, 0.1) is 12.7 Å². The van der Waals surface area contributed by atoms with Gasteiger partial charge in [-0.05, 0) is 31.5 Å². The minimum Gasteiger partial charge on any atom is -0.395 e. The van der Waals surface area contributed by atoms with Crippen molar-refractivity contribution in [3.05, 3.63) is 29.6 Å². The Labute approximate surface area is 108 Å². The lowest BCUT2D eigenvalue weighted by atomic mass is 10.1. The highest BCUT2D eigenvalue weighted by Crippen LogP contribution is 2.27. The summed E-state index contributed by atoms with van der Waals surface area (Å²) >= 11 is 0. The SMILES string of the molecule is CCCCN(CCO)c1ccc(F)cc1[C@H](C)O. The number of hydrogen-bond donors (Lipinski definition) is 2. The van der Waals surface area contributed by atoms with Crippen molar-refractivity contribution >= 4 is 5.69 Å². The first-order valence-corrected chi connectivity index (χ1v) is 6.43. The maximum atomic E-state index is 13.2. The predicted octanol–water partition coefficient (Wildman–Crippen LogP) is 2.48. The highest BCUT2D eigenvalue weighted by atomic mass is 19.1. The van der Waals surface area contributed by atoms with Gasteiger partial charge < -0.3 is 15.1 Å². The summed E-state index contributed by atoms with van der Waals surface area (Å²) < 4.78 is 13.2. The third-order valence-electron chi connectivity index (χ3n) is 2.93. The molecule has 2 N–H and O–H groups in total. The third-order valence-corrected chi connectivity index (χ3v) is 2.93. The van der Waals surface area contributed by atoms with Crippen LogP contribution in [0.3, 0.4) is 0 Å². The van der Waals surface area contributed by atoms with Crippen LogP contribution in [-0.4, -0.2) is 29.9 Å². The van der Waals surface area contributed by atoms with Gasteiger partial charge in [0, 0.05) is 24.3 Å². The van der Waals surface area contributed by atoms with Crippen molar-refractivity contribution in [3.63, 3.8) is 0 Å². The van der Waals surface area contributed by atoms with Gasteiger partial charge in [0.2, 0.25) is 0 Å². The molecule has 0 amide bonds. The molecule has 102 valence electrons. The van der Waals surface area contributed by atoms with Crippen molar-refractivity contribution in [2.24, 2.45) is 0 Å². The highest BCUT2D eigenvalue weighted by molar-refractivity contribution is 5.54. The minimum atomic E-state index is -0.724. The van der Waals surface area contributed by atoms with E-state index < -0.39 is 6.10 Å². The second-order valence-corrected chi connectivity index (χ2v) is 4.44. The fourth-order valence-corrected chi connectivity index (χ4v) is 1.97. The maximum Gasteiger partial charge on any atom is 0.123 e. The largest absolute Gasteiger partial charge is 0.395 e. The zero-order valence-electron chi connectivity index (χ0n) is 11.1. The molecular formula is C14H22FNO2. The number of unbranched alkanes of at least 4 members (excludes halogenated alkanes) is 1. The summed E-state index contributed by atoms with van der Waals surface area (Å²) in [7, 11) is 0. The second kappa shape index (κ2) is 7.34.